The van der Waals surface area contributed by atoms with Gasteiger partial charge in [-0.2, -0.15) is 26.3 Å². The van der Waals surface area contributed by atoms with Gasteiger partial charge in [-0.25, -0.2) is 9.59 Å². The molecule has 4 nitrogen and oxygen atoms in total. The molecule has 0 fully saturated rings. The smallest absolute Gasteiger partial charge is 0.397 e. The van der Waals surface area contributed by atoms with E-state index in [0.29, 0.717) is 0 Å². The van der Waals surface area contributed by atoms with Crippen LogP contribution in [0.15, 0.2) is 24.3 Å². The Kier molecular flexibility index (Phi) is 6.44. The van der Waals surface area contributed by atoms with E-state index in [1.165, 1.54) is 0 Å². The van der Waals surface area contributed by atoms with Gasteiger partial charge >= 0.3 is 30.1 Å². The summed E-state index contributed by atoms with van der Waals surface area (Å²) in [5.41, 5.74) is -1.02. The Morgan fingerprint density at radius 3 is 1.61 bits per heavy atom. The molecule has 0 saturated carbocycles. The van der Waals surface area contributed by atoms with Gasteiger partial charge in [-0.1, -0.05) is 13.2 Å². The van der Waals surface area contributed by atoms with E-state index in [4.69, 9.17) is 0 Å². The number of hydrogen-bond donors (Lipinski definition) is 0. The fraction of sp³-hybridized carbons (Fsp3) is 0.538. The lowest BCUT2D eigenvalue weighted by atomic mass is 10.1. The van der Waals surface area contributed by atoms with Crippen molar-refractivity contribution >= 4 is 11.9 Å². The zero-order chi connectivity index (χ0) is 18.6. The summed E-state index contributed by atoms with van der Waals surface area (Å²) >= 11 is 0. The minimum atomic E-state index is -5.34. The van der Waals surface area contributed by atoms with Crippen molar-refractivity contribution in [3.05, 3.63) is 24.3 Å². The molecule has 0 saturated heterocycles. The fourth-order valence-corrected chi connectivity index (χ4v) is 1.000. The lowest BCUT2D eigenvalue weighted by Crippen LogP contribution is -2.45. The molecule has 132 valence electrons. The summed E-state index contributed by atoms with van der Waals surface area (Å²) in [5, 5.41) is 0. The molecule has 0 aliphatic rings. The van der Waals surface area contributed by atoms with Crippen LogP contribution in [0.5, 0.6) is 0 Å². The largest absolute Gasteiger partial charge is 0.466 e. The second-order valence-electron chi connectivity index (χ2n) is 4.70. The summed E-state index contributed by atoms with van der Waals surface area (Å²) in [6.45, 7) is 7.87. The van der Waals surface area contributed by atoms with Crippen molar-refractivity contribution < 1.29 is 45.4 Å². The van der Waals surface area contributed by atoms with Crippen LogP contribution in [0.2, 0.25) is 0 Å². The van der Waals surface area contributed by atoms with E-state index < -0.39 is 54.1 Å². The van der Waals surface area contributed by atoms with E-state index in [1.54, 1.807) is 0 Å². The van der Waals surface area contributed by atoms with Crippen molar-refractivity contribution in [1.29, 1.82) is 0 Å². The highest BCUT2D eigenvalue weighted by atomic mass is 19.3. The predicted molar refractivity (Wildman–Crippen MR) is 65.9 cm³/mol. The Morgan fingerprint density at radius 2 is 1.22 bits per heavy atom. The van der Waals surface area contributed by atoms with Crippen LogP contribution in [0.1, 0.15) is 26.7 Å². The molecule has 0 aromatic heterocycles. The van der Waals surface area contributed by atoms with Crippen LogP contribution in [0.3, 0.4) is 0 Å². The van der Waals surface area contributed by atoms with E-state index in [9.17, 15) is 35.9 Å². The molecular formula is C13H14F6O4. The Morgan fingerprint density at radius 1 is 0.826 bits per heavy atom. The van der Waals surface area contributed by atoms with Crippen LogP contribution in [-0.4, -0.2) is 30.1 Å². The minimum Gasteiger partial charge on any atom is -0.397 e. The first-order chi connectivity index (χ1) is 10.1. The molecule has 0 spiro atoms. The van der Waals surface area contributed by atoms with Gasteiger partial charge < -0.3 is 9.47 Å². The number of esters is 2. The van der Waals surface area contributed by atoms with Crippen molar-refractivity contribution in [2.75, 3.05) is 0 Å². The minimum absolute atomic E-state index is 0.433. The quantitative estimate of drug-likeness (QED) is 0.380. The SMILES string of the molecule is C=C(C)C(=O)OC(F)(F)CCC(F)(F)C(F)(F)OC(=O)C(=C)C. The normalized spacial score (nSPS) is 12.5. The number of halogens is 6. The number of ether oxygens (including phenoxy) is 2. The molecule has 0 atom stereocenters. The van der Waals surface area contributed by atoms with Crippen LogP contribution < -0.4 is 0 Å². The number of alkyl halides is 6. The molecule has 10 heteroatoms. The third-order valence-electron chi connectivity index (χ3n) is 2.32. The molecule has 0 bridgehead atoms. The lowest BCUT2D eigenvalue weighted by Gasteiger charge is -2.27. The van der Waals surface area contributed by atoms with Gasteiger partial charge in [-0.15, -0.1) is 0 Å². The Hall–Kier alpha value is -2.00. The zero-order valence-electron chi connectivity index (χ0n) is 12.2. The first-order valence-corrected chi connectivity index (χ1v) is 6.02. The van der Waals surface area contributed by atoms with E-state index in [0.717, 1.165) is 13.8 Å². The van der Waals surface area contributed by atoms with Crippen LogP contribution in [-0.2, 0) is 19.1 Å². The van der Waals surface area contributed by atoms with Gasteiger partial charge in [-0.05, 0) is 13.8 Å². The maximum atomic E-state index is 13.3. The van der Waals surface area contributed by atoms with E-state index in [1.807, 2.05) is 0 Å². The molecule has 0 unspecified atom stereocenters. The molecule has 0 aliphatic heterocycles. The van der Waals surface area contributed by atoms with Crippen LogP contribution in [0.25, 0.3) is 0 Å². The van der Waals surface area contributed by atoms with Gasteiger partial charge in [0.1, 0.15) is 0 Å². The lowest BCUT2D eigenvalue weighted by molar-refractivity contribution is -0.336. The Balaban J connectivity index is 4.90. The van der Waals surface area contributed by atoms with E-state index >= 15 is 0 Å². The third-order valence-corrected chi connectivity index (χ3v) is 2.32. The summed E-state index contributed by atoms with van der Waals surface area (Å²) in [7, 11) is 0. The van der Waals surface area contributed by atoms with E-state index in [2.05, 4.69) is 22.6 Å². The molecule has 0 radical (unpaired) electrons. The Labute approximate surface area is 127 Å². The van der Waals surface area contributed by atoms with Crippen LogP contribution in [0.4, 0.5) is 26.3 Å². The topological polar surface area (TPSA) is 52.6 Å². The van der Waals surface area contributed by atoms with Gasteiger partial charge in [0.2, 0.25) is 0 Å². The van der Waals surface area contributed by atoms with Crippen LogP contribution >= 0.6 is 0 Å². The molecule has 0 rings (SSSR count). The molecular weight excluding hydrogens is 334 g/mol. The second kappa shape index (κ2) is 7.05. The molecule has 0 N–H and O–H groups in total. The average molecular weight is 348 g/mol. The first kappa shape index (κ1) is 21.0. The standard InChI is InChI=1S/C13H14F6O4/c1-7(2)9(20)22-12(16,17)6-5-11(14,15)13(18,19)23-10(21)8(3)4/h1,3,5-6H2,2,4H3. The summed E-state index contributed by atoms with van der Waals surface area (Å²) in [4.78, 5) is 21.7. The Bertz CT molecular complexity index is 513. The predicted octanol–water partition coefficient (Wildman–Crippen LogP) is 3.83. The molecule has 0 aromatic carbocycles. The van der Waals surface area contributed by atoms with Crippen molar-refractivity contribution in [2.45, 2.75) is 44.8 Å². The summed E-state index contributed by atoms with van der Waals surface area (Å²) in [6, 6.07) is 0. The number of carbonyl (C=O) groups is 2. The number of hydrogen-bond acceptors (Lipinski definition) is 4. The summed E-state index contributed by atoms with van der Waals surface area (Å²) < 4.78 is 86.1. The molecule has 0 heterocycles. The average Bonchev–Trinajstić information content (AvgIpc) is 2.35. The third kappa shape index (κ3) is 6.33. The zero-order valence-corrected chi connectivity index (χ0v) is 12.2. The molecule has 0 amide bonds. The van der Waals surface area contributed by atoms with Crippen molar-refractivity contribution in [2.24, 2.45) is 0 Å². The van der Waals surface area contributed by atoms with Gasteiger partial charge in [0, 0.05) is 17.6 Å². The maximum Gasteiger partial charge on any atom is 0.466 e. The molecule has 0 aromatic rings. The maximum absolute atomic E-state index is 13.3. The number of carbonyl (C=O) groups excluding carboxylic acids is 2. The van der Waals surface area contributed by atoms with Crippen molar-refractivity contribution in [3.8, 4) is 0 Å². The summed E-state index contributed by atoms with van der Waals surface area (Å²) in [5.74, 6) is -8.49. The second-order valence-corrected chi connectivity index (χ2v) is 4.70. The van der Waals surface area contributed by atoms with E-state index in [-0.39, 0.29) is 0 Å². The monoisotopic (exact) mass is 348 g/mol. The van der Waals surface area contributed by atoms with Gasteiger partial charge in [0.15, 0.2) is 0 Å². The molecule has 0 aliphatic carbocycles. The van der Waals surface area contributed by atoms with Crippen molar-refractivity contribution in [1.82, 2.24) is 0 Å². The van der Waals surface area contributed by atoms with Gasteiger partial charge in [0.25, 0.3) is 0 Å². The molecule has 23 heavy (non-hydrogen) atoms. The van der Waals surface area contributed by atoms with Crippen molar-refractivity contribution in [3.63, 3.8) is 0 Å². The highest BCUT2D eigenvalue weighted by Crippen LogP contribution is 2.41. The fourth-order valence-electron chi connectivity index (χ4n) is 1.000. The van der Waals surface area contributed by atoms with Gasteiger partial charge in [-0.3, -0.25) is 0 Å². The number of rotatable bonds is 8. The first-order valence-electron chi connectivity index (χ1n) is 6.02. The summed E-state index contributed by atoms with van der Waals surface area (Å²) in [6.07, 6.45) is -13.8. The van der Waals surface area contributed by atoms with Crippen LogP contribution in [0, 0.1) is 0 Å². The highest BCUT2D eigenvalue weighted by molar-refractivity contribution is 5.87. The van der Waals surface area contributed by atoms with Gasteiger partial charge in [0.05, 0.1) is 6.42 Å². The highest BCUT2D eigenvalue weighted by Gasteiger charge is 2.61.